The van der Waals surface area contributed by atoms with Crippen molar-refractivity contribution in [1.82, 2.24) is 19.7 Å². The third-order valence-electron chi connectivity index (χ3n) is 2.26. The first-order valence-corrected chi connectivity index (χ1v) is 5.36. The molecule has 0 spiro atoms. The second kappa shape index (κ2) is 4.05. The van der Waals surface area contributed by atoms with Gasteiger partial charge in [0.1, 0.15) is 0 Å². The van der Waals surface area contributed by atoms with Gasteiger partial charge in [-0.3, -0.25) is 14.5 Å². The van der Waals surface area contributed by atoms with Crippen LogP contribution in [0.25, 0.3) is 11.4 Å². The number of nitrogens with one attached hydrogen (secondary N) is 2. The molecule has 5 nitrogen and oxygen atoms in total. The Morgan fingerprint density at radius 2 is 2.19 bits per heavy atom. The lowest BCUT2D eigenvalue weighted by Crippen LogP contribution is -2.06. The Morgan fingerprint density at radius 1 is 1.44 bits per heavy atom. The molecule has 0 aliphatic carbocycles. The molecule has 16 heavy (non-hydrogen) atoms. The van der Waals surface area contributed by atoms with Gasteiger partial charge in [-0.25, -0.2) is 0 Å². The van der Waals surface area contributed by atoms with Crippen LogP contribution in [0.5, 0.6) is 0 Å². The Kier molecular flexibility index (Phi) is 2.74. The molecule has 0 amide bonds. The fourth-order valence-corrected chi connectivity index (χ4v) is 1.88. The maximum absolute atomic E-state index is 11.0. The third-order valence-corrected chi connectivity index (χ3v) is 2.55. The van der Waals surface area contributed by atoms with Crippen LogP contribution in [0.2, 0.25) is 0 Å². The van der Waals surface area contributed by atoms with Crippen LogP contribution in [0.3, 0.4) is 0 Å². The van der Waals surface area contributed by atoms with Gasteiger partial charge >= 0.3 is 0 Å². The highest BCUT2D eigenvalue weighted by atomic mass is 32.1. The van der Waals surface area contributed by atoms with Gasteiger partial charge < -0.3 is 4.98 Å². The molecule has 0 saturated carbocycles. The average molecular weight is 236 g/mol. The summed E-state index contributed by atoms with van der Waals surface area (Å²) in [6.07, 6.45) is 1.63. The molecule has 0 unspecified atom stereocenters. The first-order valence-electron chi connectivity index (χ1n) is 4.95. The zero-order valence-electron chi connectivity index (χ0n) is 9.02. The first kappa shape index (κ1) is 10.8. The number of aromatic amines is 2. The molecular formula is C10H12N4OS. The number of H-pyrrole nitrogens is 2. The van der Waals surface area contributed by atoms with Crippen molar-refractivity contribution in [3.8, 4) is 11.4 Å². The van der Waals surface area contributed by atoms with Crippen LogP contribution in [0.15, 0.2) is 23.1 Å². The molecule has 0 bridgehead atoms. The number of nitrogens with zero attached hydrogens (tertiary/aromatic N) is 2. The van der Waals surface area contributed by atoms with Gasteiger partial charge in [-0.1, -0.05) is 0 Å². The second-order valence-corrected chi connectivity index (χ2v) is 4.14. The molecule has 2 rings (SSSR count). The standard InChI is InChI=1S/C10H12N4OS/c1-6(2)14-9(12-13-10(14)16)7-3-4-8(15)11-5-7/h3-6H,1-2H3,(H,11,15)(H,13,16). The highest BCUT2D eigenvalue weighted by Gasteiger charge is 2.10. The van der Waals surface area contributed by atoms with E-state index in [0.717, 1.165) is 11.4 Å². The Hall–Kier alpha value is -1.69. The van der Waals surface area contributed by atoms with Crippen LogP contribution < -0.4 is 5.56 Å². The van der Waals surface area contributed by atoms with E-state index < -0.39 is 0 Å². The minimum Gasteiger partial charge on any atom is -0.328 e. The molecule has 0 atom stereocenters. The first-order chi connectivity index (χ1) is 7.59. The summed E-state index contributed by atoms with van der Waals surface area (Å²) in [6.45, 7) is 4.06. The molecule has 2 aromatic heterocycles. The zero-order chi connectivity index (χ0) is 11.7. The van der Waals surface area contributed by atoms with Crippen molar-refractivity contribution in [2.45, 2.75) is 19.9 Å². The van der Waals surface area contributed by atoms with Gasteiger partial charge in [-0.05, 0) is 32.1 Å². The van der Waals surface area contributed by atoms with Crippen LogP contribution in [-0.4, -0.2) is 19.7 Å². The number of hydrogen-bond donors (Lipinski definition) is 2. The summed E-state index contributed by atoms with van der Waals surface area (Å²) < 4.78 is 2.49. The Morgan fingerprint density at radius 3 is 2.75 bits per heavy atom. The summed E-state index contributed by atoms with van der Waals surface area (Å²) in [5.41, 5.74) is 0.703. The lowest BCUT2D eigenvalue weighted by atomic mass is 10.2. The van der Waals surface area contributed by atoms with Gasteiger partial charge in [0.15, 0.2) is 10.6 Å². The molecule has 0 aliphatic rings. The third kappa shape index (κ3) is 1.83. The molecule has 0 fully saturated rings. The average Bonchev–Trinajstić information content (AvgIpc) is 2.61. The van der Waals surface area contributed by atoms with E-state index in [1.165, 1.54) is 6.07 Å². The molecule has 0 radical (unpaired) electrons. The molecule has 2 heterocycles. The summed E-state index contributed by atoms with van der Waals surface area (Å²) in [5.74, 6) is 0.733. The Balaban J connectivity index is 2.60. The maximum atomic E-state index is 11.0. The predicted molar refractivity (Wildman–Crippen MR) is 63.9 cm³/mol. The lowest BCUT2D eigenvalue weighted by Gasteiger charge is -2.09. The van der Waals surface area contributed by atoms with Crippen molar-refractivity contribution >= 4 is 12.2 Å². The van der Waals surface area contributed by atoms with E-state index in [9.17, 15) is 4.79 Å². The van der Waals surface area contributed by atoms with E-state index in [1.807, 2.05) is 18.4 Å². The summed E-state index contributed by atoms with van der Waals surface area (Å²) in [7, 11) is 0. The summed E-state index contributed by atoms with van der Waals surface area (Å²) in [6, 6.07) is 3.41. The maximum Gasteiger partial charge on any atom is 0.247 e. The number of pyridine rings is 1. The van der Waals surface area contributed by atoms with Gasteiger partial charge in [0.25, 0.3) is 0 Å². The van der Waals surface area contributed by atoms with E-state index in [4.69, 9.17) is 12.2 Å². The molecule has 2 aromatic rings. The van der Waals surface area contributed by atoms with Crippen molar-refractivity contribution in [3.63, 3.8) is 0 Å². The number of aromatic nitrogens is 4. The minimum atomic E-state index is -0.131. The van der Waals surface area contributed by atoms with Gasteiger partial charge in [0.2, 0.25) is 5.56 Å². The van der Waals surface area contributed by atoms with Gasteiger partial charge in [0, 0.05) is 23.9 Å². The molecular weight excluding hydrogens is 224 g/mol. The molecule has 84 valence electrons. The SMILES string of the molecule is CC(C)n1c(-c2ccc(=O)[nH]c2)n[nH]c1=S. The van der Waals surface area contributed by atoms with Gasteiger partial charge in [-0.15, -0.1) is 0 Å². The molecule has 0 aromatic carbocycles. The van der Waals surface area contributed by atoms with Crippen LogP contribution in [0.1, 0.15) is 19.9 Å². The highest BCUT2D eigenvalue weighted by Crippen LogP contribution is 2.18. The summed E-state index contributed by atoms with van der Waals surface area (Å²) in [5, 5.41) is 6.92. The molecule has 0 aliphatic heterocycles. The van der Waals surface area contributed by atoms with E-state index in [2.05, 4.69) is 15.2 Å². The van der Waals surface area contributed by atoms with Gasteiger partial charge in [-0.2, -0.15) is 5.10 Å². The van der Waals surface area contributed by atoms with Crippen molar-refractivity contribution in [2.24, 2.45) is 0 Å². The van der Waals surface area contributed by atoms with Crippen LogP contribution >= 0.6 is 12.2 Å². The van der Waals surface area contributed by atoms with Crippen molar-refractivity contribution in [3.05, 3.63) is 33.5 Å². The molecule has 6 heteroatoms. The fourth-order valence-electron chi connectivity index (χ4n) is 1.54. The fraction of sp³-hybridized carbons (Fsp3) is 0.300. The van der Waals surface area contributed by atoms with Crippen molar-refractivity contribution in [2.75, 3.05) is 0 Å². The number of hydrogen-bond acceptors (Lipinski definition) is 3. The topological polar surface area (TPSA) is 66.5 Å². The van der Waals surface area contributed by atoms with E-state index in [-0.39, 0.29) is 11.6 Å². The normalized spacial score (nSPS) is 10.9. The monoisotopic (exact) mass is 236 g/mol. The van der Waals surface area contributed by atoms with E-state index in [0.29, 0.717) is 4.77 Å². The van der Waals surface area contributed by atoms with Crippen LogP contribution in [0, 0.1) is 4.77 Å². The second-order valence-electron chi connectivity index (χ2n) is 3.76. The molecule has 0 saturated heterocycles. The number of rotatable bonds is 2. The smallest absolute Gasteiger partial charge is 0.247 e. The lowest BCUT2D eigenvalue weighted by molar-refractivity contribution is 0.597. The van der Waals surface area contributed by atoms with Crippen LogP contribution in [0.4, 0.5) is 0 Å². The van der Waals surface area contributed by atoms with Crippen molar-refractivity contribution < 1.29 is 0 Å². The highest BCUT2D eigenvalue weighted by molar-refractivity contribution is 7.71. The van der Waals surface area contributed by atoms with E-state index >= 15 is 0 Å². The van der Waals surface area contributed by atoms with Crippen molar-refractivity contribution in [1.29, 1.82) is 0 Å². The molecule has 2 N–H and O–H groups in total. The summed E-state index contributed by atoms with van der Waals surface area (Å²) in [4.78, 5) is 13.6. The quantitative estimate of drug-likeness (QED) is 0.782. The van der Waals surface area contributed by atoms with Gasteiger partial charge in [0.05, 0.1) is 0 Å². The summed E-state index contributed by atoms with van der Waals surface area (Å²) >= 11 is 5.15. The van der Waals surface area contributed by atoms with Crippen LogP contribution in [-0.2, 0) is 0 Å². The zero-order valence-corrected chi connectivity index (χ0v) is 9.84. The Labute approximate surface area is 97.2 Å². The minimum absolute atomic E-state index is 0.131. The Bertz CT molecular complexity index is 587. The predicted octanol–water partition coefficient (Wildman–Crippen LogP) is 1.88. The van der Waals surface area contributed by atoms with E-state index in [1.54, 1.807) is 12.3 Å². The largest absolute Gasteiger partial charge is 0.328 e.